The molecule has 0 radical (unpaired) electrons. The molecule has 0 fully saturated rings. The first-order valence-electron chi connectivity index (χ1n) is 9.94. The lowest BCUT2D eigenvalue weighted by Gasteiger charge is -2.09. The fourth-order valence-electron chi connectivity index (χ4n) is 3.99. The predicted molar refractivity (Wildman–Crippen MR) is 121 cm³/mol. The van der Waals surface area contributed by atoms with Crippen LogP contribution in [-0.4, -0.2) is 19.6 Å². The molecular weight excluding hydrogens is 368 g/mol. The van der Waals surface area contributed by atoms with Crippen LogP contribution in [0.1, 0.15) is 0 Å². The standard InChI is InChI=1S/C26H18N4/c1-3-13-25-21(7-1)17-27-29(25)23-11-5-9-19(15-23)20-10-6-12-24(16-20)30-26-14-4-2-8-22(26)18-28-30/h1-18H. The average molecular weight is 386 g/mol. The van der Waals surface area contributed by atoms with Crippen molar-refractivity contribution in [3.05, 3.63) is 109 Å². The number of fused-ring (bicyclic) bond motifs is 2. The molecule has 0 bridgehead atoms. The summed E-state index contributed by atoms with van der Waals surface area (Å²) in [5, 5.41) is 11.5. The summed E-state index contributed by atoms with van der Waals surface area (Å²) in [7, 11) is 0. The number of para-hydroxylation sites is 2. The molecule has 6 aromatic rings. The van der Waals surface area contributed by atoms with Gasteiger partial charge < -0.3 is 0 Å². The number of rotatable bonds is 3. The van der Waals surface area contributed by atoms with Crippen molar-refractivity contribution in [2.45, 2.75) is 0 Å². The van der Waals surface area contributed by atoms with Gasteiger partial charge in [-0.05, 0) is 47.5 Å². The zero-order valence-electron chi connectivity index (χ0n) is 16.2. The minimum Gasteiger partial charge on any atom is -0.233 e. The van der Waals surface area contributed by atoms with Crippen LogP contribution in [-0.2, 0) is 0 Å². The Morgan fingerprint density at radius 3 is 1.43 bits per heavy atom. The van der Waals surface area contributed by atoms with E-state index in [9.17, 15) is 0 Å². The Hall–Kier alpha value is -4.18. The molecule has 0 spiro atoms. The maximum Gasteiger partial charge on any atom is 0.0741 e. The molecule has 4 aromatic carbocycles. The molecule has 0 unspecified atom stereocenters. The third-order valence-corrected chi connectivity index (χ3v) is 5.47. The van der Waals surface area contributed by atoms with E-state index in [1.807, 2.05) is 46.0 Å². The van der Waals surface area contributed by atoms with E-state index < -0.39 is 0 Å². The van der Waals surface area contributed by atoms with Crippen LogP contribution in [0.3, 0.4) is 0 Å². The second kappa shape index (κ2) is 6.71. The highest BCUT2D eigenvalue weighted by molar-refractivity contribution is 5.82. The topological polar surface area (TPSA) is 35.6 Å². The van der Waals surface area contributed by atoms with E-state index in [1.54, 1.807) is 0 Å². The van der Waals surface area contributed by atoms with Crippen molar-refractivity contribution in [3.63, 3.8) is 0 Å². The van der Waals surface area contributed by atoms with Gasteiger partial charge in [0, 0.05) is 10.8 Å². The highest BCUT2D eigenvalue weighted by Crippen LogP contribution is 2.27. The van der Waals surface area contributed by atoms with Crippen molar-refractivity contribution in [2.24, 2.45) is 0 Å². The van der Waals surface area contributed by atoms with Crippen LogP contribution < -0.4 is 0 Å². The monoisotopic (exact) mass is 386 g/mol. The lowest BCUT2D eigenvalue weighted by Crippen LogP contribution is -1.97. The molecule has 0 amide bonds. The molecule has 0 N–H and O–H groups in total. The van der Waals surface area contributed by atoms with Gasteiger partial charge in [-0.15, -0.1) is 0 Å². The molecule has 2 aromatic heterocycles. The van der Waals surface area contributed by atoms with Crippen molar-refractivity contribution in [3.8, 4) is 22.5 Å². The van der Waals surface area contributed by atoms with Gasteiger partial charge in [-0.3, -0.25) is 0 Å². The predicted octanol–water partition coefficient (Wildman–Crippen LogP) is 6.03. The quantitative estimate of drug-likeness (QED) is 0.372. The number of nitrogens with zero attached hydrogens (tertiary/aromatic N) is 4. The van der Waals surface area contributed by atoms with E-state index in [2.05, 4.69) is 83.0 Å². The van der Waals surface area contributed by atoms with Crippen LogP contribution in [0.25, 0.3) is 44.3 Å². The molecule has 6 rings (SSSR count). The van der Waals surface area contributed by atoms with Gasteiger partial charge in [0.05, 0.1) is 34.8 Å². The fourth-order valence-corrected chi connectivity index (χ4v) is 3.99. The van der Waals surface area contributed by atoms with E-state index >= 15 is 0 Å². The lowest BCUT2D eigenvalue weighted by atomic mass is 10.0. The van der Waals surface area contributed by atoms with E-state index in [-0.39, 0.29) is 0 Å². The van der Waals surface area contributed by atoms with Crippen LogP contribution >= 0.6 is 0 Å². The van der Waals surface area contributed by atoms with Gasteiger partial charge in [0.15, 0.2) is 0 Å². The third kappa shape index (κ3) is 2.70. The van der Waals surface area contributed by atoms with Crippen molar-refractivity contribution in [1.29, 1.82) is 0 Å². The lowest BCUT2D eigenvalue weighted by molar-refractivity contribution is 0.909. The Morgan fingerprint density at radius 2 is 0.933 bits per heavy atom. The first-order chi connectivity index (χ1) is 14.9. The van der Waals surface area contributed by atoms with Crippen LogP contribution in [0.5, 0.6) is 0 Å². The summed E-state index contributed by atoms with van der Waals surface area (Å²) in [5.74, 6) is 0. The molecule has 4 heteroatoms. The molecule has 4 nitrogen and oxygen atoms in total. The summed E-state index contributed by atoms with van der Waals surface area (Å²) in [6, 6.07) is 33.5. The minimum atomic E-state index is 1.05. The van der Waals surface area contributed by atoms with Crippen LogP contribution in [0.2, 0.25) is 0 Å². The maximum atomic E-state index is 4.60. The van der Waals surface area contributed by atoms with E-state index in [1.165, 1.54) is 0 Å². The molecule has 30 heavy (non-hydrogen) atoms. The Balaban J connectivity index is 1.45. The van der Waals surface area contributed by atoms with Gasteiger partial charge in [-0.25, -0.2) is 9.36 Å². The molecule has 0 saturated carbocycles. The Kier molecular flexibility index (Phi) is 3.74. The SMILES string of the molecule is c1cc(-c2cccc(-n3ncc4ccccc43)c2)cc(-n2ncc3ccccc32)c1. The van der Waals surface area contributed by atoms with E-state index in [0.717, 1.165) is 44.3 Å². The van der Waals surface area contributed by atoms with Gasteiger partial charge >= 0.3 is 0 Å². The summed E-state index contributed by atoms with van der Waals surface area (Å²) >= 11 is 0. The molecular formula is C26H18N4. The Bertz CT molecular complexity index is 1390. The van der Waals surface area contributed by atoms with Gasteiger partial charge in [0.1, 0.15) is 0 Å². The van der Waals surface area contributed by atoms with Gasteiger partial charge in [0.2, 0.25) is 0 Å². The smallest absolute Gasteiger partial charge is 0.0741 e. The molecule has 0 atom stereocenters. The highest BCUT2D eigenvalue weighted by atomic mass is 15.3. The van der Waals surface area contributed by atoms with Crippen molar-refractivity contribution in [1.82, 2.24) is 19.6 Å². The zero-order chi connectivity index (χ0) is 19.9. The summed E-state index contributed by atoms with van der Waals surface area (Å²) in [6.07, 6.45) is 3.82. The fraction of sp³-hybridized carbons (Fsp3) is 0. The molecule has 0 aliphatic heterocycles. The largest absolute Gasteiger partial charge is 0.233 e. The van der Waals surface area contributed by atoms with Crippen LogP contribution in [0.4, 0.5) is 0 Å². The van der Waals surface area contributed by atoms with Crippen molar-refractivity contribution in [2.75, 3.05) is 0 Å². The number of hydrogen-bond acceptors (Lipinski definition) is 2. The first-order valence-corrected chi connectivity index (χ1v) is 9.94. The summed E-state index contributed by atoms with van der Waals surface area (Å²) in [5.41, 5.74) is 6.58. The number of hydrogen-bond donors (Lipinski definition) is 0. The third-order valence-electron chi connectivity index (χ3n) is 5.47. The van der Waals surface area contributed by atoms with Crippen LogP contribution in [0, 0.1) is 0 Å². The van der Waals surface area contributed by atoms with E-state index in [4.69, 9.17) is 0 Å². The minimum absolute atomic E-state index is 1.05. The van der Waals surface area contributed by atoms with Crippen molar-refractivity contribution < 1.29 is 0 Å². The summed E-state index contributed by atoms with van der Waals surface area (Å²) in [6.45, 7) is 0. The summed E-state index contributed by atoms with van der Waals surface area (Å²) in [4.78, 5) is 0. The first kappa shape index (κ1) is 16.7. The number of aromatic nitrogens is 4. The molecule has 142 valence electrons. The molecule has 0 aliphatic carbocycles. The summed E-state index contributed by atoms with van der Waals surface area (Å²) < 4.78 is 3.98. The molecule has 0 saturated heterocycles. The van der Waals surface area contributed by atoms with Gasteiger partial charge in [0.25, 0.3) is 0 Å². The average Bonchev–Trinajstić information content (AvgIpc) is 3.44. The zero-order valence-corrected chi connectivity index (χ0v) is 16.2. The molecule has 2 heterocycles. The normalized spacial score (nSPS) is 11.3. The highest BCUT2D eigenvalue weighted by Gasteiger charge is 2.08. The Labute approximate surface area is 173 Å². The molecule has 0 aliphatic rings. The maximum absolute atomic E-state index is 4.60. The van der Waals surface area contributed by atoms with Gasteiger partial charge in [-0.1, -0.05) is 60.7 Å². The van der Waals surface area contributed by atoms with Crippen molar-refractivity contribution >= 4 is 21.8 Å². The van der Waals surface area contributed by atoms with E-state index in [0.29, 0.717) is 0 Å². The second-order valence-electron chi connectivity index (χ2n) is 7.33. The Morgan fingerprint density at radius 1 is 0.467 bits per heavy atom. The second-order valence-corrected chi connectivity index (χ2v) is 7.33. The van der Waals surface area contributed by atoms with Crippen LogP contribution in [0.15, 0.2) is 109 Å². The number of benzene rings is 4. The van der Waals surface area contributed by atoms with Gasteiger partial charge in [-0.2, -0.15) is 10.2 Å².